The van der Waals surface area contributed by atoms with Crippen molar-refractivity contribution in [2.45, 2.75) is 24.0 Å². The summed E-state index contributed by atoms with van der Waals surface area (Å²) >= 11 is 5.75. The molecule has 164 valence electrons. The second-order valence-corrected chi connectivity index (χ2v) is 8.92. The number of carbonyl (C=O) groups excluding carboxylic acids is 3. The van der Waals surface area contributed by atoms with Crippen LogP contribution in [0, 0.1) is 0 Å². The number of halogens is 1. The third kappa shape index (κ3) is 4.93. The van der Waals surface area contributed by atoms with Gasteiger partial charge in [0.1, 0.15) is 12.6 Å². The molecule has 2 amide bonds. The first-order valence-corrected chi connectivity index (χ1v) is 11.1. The highest BCUT2D eigenvalue weighted by Crippen LogP contribution is 2.22. The lowest BCUT2D eigenvalue weighted by Gasteiger charge is -2.21. The molecule has 0 saturated heterocycles. The second kappa shape index (κ2) is 9.15. The zero-order chi connectivity index (χ0) is 22.8. The molecule has 0 saturated carbocycles. The molecule has 0 radical (unpaired) electrons. The van der Waals surface area contributed by atoms with Gasteiger partial charge in [0, 0.05) is 5.02 Å². The summed E-state index contributed by atoms with van der Waals surface area (Å²) in [6, 6.07) is 9.95. The van der Waals surface area contributed by atoms with E-state index < -0.39 is 40.0 Å². The monoisotopic (exact) mass is 466 g/mol. The van der Waals surface area contributed by atoms with E-state index in [1.165, 1.54) is 43.3 Å². The van der Waals surface area contributed by atoms with Gasteiger partial charge in [-0.3, -0.25) is 19.3 Å². The molecule has 0 spiro atoms. The zero-order valence-electron chi connectivity index (χ0n) is 16.3. The molecular weight excluding hydrogens is 448 g/mol. The van der Waals surface area contributed by atoms with Gasteiger partial charge in [-0.05, 0) is 43.3 Å². The third-order valence-electron chi connectivity index (χ3n) is 4.58. The standard InChI is InChI=1S/C20H19ClN2O7S/c1-12(24)17(22-31(28,29)14-8-6-13(21)7-9-14)20(27)30-11-10-23-18(25)15-4-2-3-5-16(15)19(23)26/h2-9,12,17,22,24H,10-11H2,1H3/t12-,17+/m1/s1. The summed E-state index contributed by atoms with van der Waals surface area (Å²) in [4.78, 5) is 37.8. The molecule has 11 heteroatoms. The molecule has 3 rings (SSSR count). The first kappa shape index (κ1) is 22.9. The quantitative estimate of drug-likeness (QED) is 0.441. The highest BCUT2D eigenvalue weighted by atomic mass is 35.5. The van der Waals surface area contributed by atoms with E-state index in [2.05, 4.69) is 4.72 Å². The Balaban J connectivity index is 1.62. The molecule has 0 aliphatic carbocycles. The van der Waals surface area contributed by atoms with Gasteiger partial charge in [-0.2, -0.15) is 4.72 Å². The fourth-order valence-corrected chi connectivity index (χ4v) is 4.35. The van der Waals surface area contributed by atoms with Gasteiger partial charge >= 0.3 is 5.97 Å². The molecule has 1 heterocycles. The minimum absolute atomic E-state index is 0.152. The van der Waals surface area contributed by atoms with E-state index in [1.807, 2.05) is 0 Å². The lowest BCUT2D eigenvalue weighted by atomic mass is 10.1. The van der Waals surface area contributed by atoms with Crippen molar-refractivity contribution < 1.29 is 32.6 Å². The van der Waals surface area contributed by atoms with Crippen LogP contribution >= 0.6 is 11.6 Å². The predicted octanol–water partition coefficient (Wildman–Crippen LogP) is 1.21. The highest BCUT2D eigenvalue weighted by Gasteiger charge is 2.36. The third-order valence-corrected chi connectivity index (χ3v) is 6.29. The molecular formula is C20H19ClN2O7S. The van der Waals surface area contributed by atoms with Crippen LogP contribution in [0.15, 0.2) is 53.4 Å². The minimum atomic E-state index is -4.15. The van der Waals surface area contributed by atoms with Crippen LogP contribution in [0.3, 0.4) is 0 Å². The van der Waals surface area contributed by atoms with Gasteiger partial charge in [-0.1, -0.05) is 23.7 Å². The second-order valence-electron chi connectivity index (χ2n) is 6.77. The Kier molecular flexibility index (Phi) is 6.75. The van der Waals surface area contributed by atoms with E-state index in [0.717, 1.165) is 4.90 Å². The fourth-order valence-electron chi connectivity index (χ4n) is 2.96. The predicted molar refractivity (Wildman–Crippen MR) is 110 cm³/mol. The summed E-state index contributed by atoms with van der Waals surface area (Å²) in [5.74, 6) is -2.07. The Morgan fingerprint density at radius 3 is 2.16 bits per heavy atom. The molecule has 0 fully saturated rings. The van der Waals surface area contributed by atoms with Crippen LogP contribution in [0.25, 0.3) is 0 Å². The number of carbonyl (C=O) groups is 3. The molecule has 0 aromatic heterocycles. The van der Waals surface area contributed by atoms with Crippen molar-refractivity contribution in [1.29, 1.82) is 0 Å². The van der Waals surface area contributed by atoms with Crippen molar-refractivity contribution in [2.75, 3.05) is 13.2 Å². The van der Waals surface area contributed by atoms with Crippen molar-refractivity contribution in [1.82, 2.24) is 9.62 Å². The van der Waals surface area contributed by atoms with Crippen LogP contribution in [0.1, 0.15) is 27.6 Å². The number of esters is 1. The Morgan fingerprint density at radius 2 is 1.65 bits per heavy atom. The molecule has 2 aromatic carbocycles. The summed E-state index contributed by atoms with van der Waals surface area (Å²) in [6.45, 7) is 0.644. The Morgan fingerprint density at radius 1 is 1.10 bits per heavy atom. The fraction of sp³-hybridized carbons (Fsp3) is 0.250. The molecule has 0 unspecified atom stereocenters. The topological polar surface area (TPSA) is 130 Å². The maximum atomic E-state index is 12.5. The first-order chi connectivity index (χ1) is 14.6. The van der Waals surface area contributed by atoms with E-state index in [-0.39, 0.29) is 29.2 Å². The number of ether oxygens (including phenoxy) is 1. The number of imide groups is 1. The average Bonchev–Trinajstić information content (AvgIpc) is 2.97. The van der Waals surface area contributed by atoms with Gasteiger partial charge in [0.05, 0.1) is 28.7 Å². The number of amides is 2. The number of benzene rings is 2. The van der Waals surface area contributed by atoms with Crippen LogP contribution < -0.4 is 4.72 Å². The number of aliphatic hydroxyl groups excluding tert-OH is 1. The van der Waals surface area contributed by atoms with Gasteiger partial charge in [0.2, 0.25) is 10.0 Å². The van der Waals surface area contributed by atoms with E-state index in [1.54, 1.807) is 12.1 Å². The number of nitrogens with one attached hydrogen (secondary N) is 1. The number of fused-ring (bicyclic) bond motifs is 1. The largest absolute Gasteiger partial charge is 0.463 e. The molecule has 1 aliphatic heterocycles. The smallest absolute Gasteiger partial charge is 0.326 e. The van der Waals surface area contributed by atoms with E-state index in [0.29, 0.717) is 5.02 Å². The zero-order valence-corrected chi connectivity index (χ0v) is 17.9. The molecule has 2 atom stereocenters. The van der Waals surface area contributed by atoms with Crippen LogP contribution in [0.5, 0.6) is 0 Å². The van der Waals surface area contributed by atoms with Crippen molar-refractivity contribution in [2.24, 2.45) is 0 Å². The summed E-state index contributed by atoms with van der Waals surface area (Å²) in [5, 5.41) is 10.2. The van der Waals surface area contributed by atoms with Crippen LogP contribution in [0.4, 0.5) is 0 Å². The summed E-state index contributed by atoms with van der Waals surface area (Å²) in [6.07, 6.45) is -1.41. The van der Waals surface area contributed by atoms with Gasteiger partial charge < -0.3 is 9.84 Å². The summed E-state index contributed by atoms with van der Waals surface area (Å²) in [5.41, 5.74) is 0.521. The van der Waals surface area contributed by atoms with Crippen LogP contribution in [-0.2, 0) is 19.6 Å². The minimum Gasteiger partial charge on any atom is -0.463 e. The van der Waals surface area contributed by atoms with Gasteiger partial charge in [-0.25, -0.2) is 8.42 Å². The Hall–Kier alpha value is -2.79. The van der Waals surface area contributed by atoms with E-state index in [4.69, 9.17) is 16.3 Å². The van der Waals surface area contributed by atoms with Crippen molar-refractivity contribution >= 4 is 39.4 Å². The molecule has 1 aliphatic rings. The maximum absolute atomic E-state index is 12.5. The molecule has 2 aromatic rings. The number of sulfonamides is 1. The number of hydrogen-bond acceptors (Lipinski definition) is 7. The first-order valence-electron chi connectivity index (χ1n) is 9.19. The molecule has 31 heavy (non-hydrogen) atoms. The van der Waals surface area contributed by atoms with Crippen LogP contribution in [-0.4, -0.2) is 61.5 Å². The lowest BCUT2D eigenvalue weighted by Crippen LogP contribution is -2.48. The highest BCUT2D eigenvalue weighted by molar-refractivity contribution is 7.89. The van der Waals surface area contributed by atoms with Crippen molar-refractivity contribution in [3.8, 4) is 0 Å². The Bertz CT molecular complexity index is 1080. The number of aliphatic hydroxyl groups is 1. The van der Waals surface area contributed by atoms with Gasteiger partial charge in [0.15, 0.2) is 0 Å². The SMILES string of the molecule is C[C@@H](O)[C@H](NS(=O)(=O)c1ccc(Cl)cc1)C(=O)OCCN1C(=O)c2ccccc2C1=O. The number of rotatable bonds is 8. The number of hydrogen-bond donors (Lipinski definition) is 2. The normalized spacial score (nSPS) is 15.5. The molecule has 0 bridgehead atoms. The van der Waals surface area contributed by atoms with Crippen LogP contribution in [0.2, 0.25) is 5.02 Å². The van der Waals surface area contributed by atoms with Crippen molar-refractivity contribution in [3.63, 3.8) is 0 Å². The number of nitrogens with zero attached hydrogens (tertiary/aromatic N) is 1. The van der Waals surface area contributed by atoms with Gasteiger partial charge in [-0.15, -0.1) is 0 Å². The van der Waals surface area contributed by atoms with Gasteiger partial charge in [0.25, 0.3) is 11.8 Å². The molecule has 9 nitrogen and oxygen atoms in total. The van der Waals surface area contributed by atoms with E-state index >= 15 is 0 Å². The lowest BCUT2D eigenvalue weighted by molar-refractivity contribution is -0.148. The van der Waals surface area contributed by atoms with Crippen molar-refractivity contribution in [3.05, 3.63) is 64.7 Å². The summed E-state index contributed by atoms with van der Waals surface area (Å²) < 4.78 is 32.1. The average molecular weight is 467 g/mol. The summed E-state index contributed by atoms with van der Waals surface area (Å²) in [7, 11) is -4.15. The maximum Gasteiger partial charge on any atom is 0.326 e. The van der Waals surface area contributed by atoms with E-state index in [9.17, 15) is 27.9 Å². The Labute approximate surface area is 183 Å². The molecule has 2 N–H and O–H groups in total.